The predicted molar refractivity (Wildman–Crippen MR) is 114 cm³/mol. The fourth-order valence-electron chi connectivity index (χ4n) is 3.31. The lowest BCUT2D eigenvalue weighted by atomic mass is 10.1. The van der Waals surface area contributed by atoms with Crippen molar-refractivity contribution in [2.45, 2.75) is 0 Å². The summed E-state index contributed by atoms with van der Waals surface area (Å²) in [6.45, 7) is 0. The van der Waals surface area contributed by atoms with Gasteiger partial charge in [0.25, 0.3) is 0 Å². The Kier molecular flexibility index (Phi) is 4.30. The van der Waals surface area contributed by atoms with Gasteiger partial charge < -0.3 is 0 Å². The first-order chi connectivity index (χ1) is 14.3. The van der Waals surface area contributed by atoms with Crippen molar-refractivity contribution in [1.82, 2.24) is 15.0 Å². The van der Waals surface area contributed by atoms with E-state index in [4.69, 9.17) is 4.98 Å². The molecule has 4 heteroatoms. The van der Waals surface area contributed by atoms with E-state index in [1.54, 1.807) is 18.2 Å². The van der Waals surface area contributed by atoms with Gasteiger partial charge in [0.15, 0.2) is 17.5 Å². The lowest BCUT2D eigenvalue weighted by Crippen LogP contribution is -2.01. The maximum Gasteiger partial charge on any atom is 0.167 e. The van der Waals surface area contributed by atoms with Crippen LogP contribution in [-0.2, 0) is 0 Å². The second kappa shape index (κ2) is 7.24. The molecule has 0 aliphatic carbocycles. The summed E-state index contributed by atoms with van der Waals surface area (Å²) in [5, 5.41) is 2.24. The summed E-state index contributed by atoms with van der Waals surface area (Å²) in [6.07, 6.45) is 0. The maximum absolute atomic E-state index is 14.5. The Labute approximate surface area is 167 Å². The fraction of sp³-hybridized carbons (Fsp3) is 0. The molecular weight excluding hydrogens is 361 g/mol. The van der Waals surface area contributed by atoms with Gasteiger partial charge in [0.2, 0.25) is 0 Å². The van der Waals surface area contributed by atoms with E-state index in [9.17, 15) is 4.39 Å². The minimum absolute atomic E-state index is 0.320. The summed E-state index contributed by atoms with van der Waals surface area (Å²) in [6, 6.07) is 30.4. The third-order valence-electron chi connectivity index (χ3n) is 4.79. The third kappa shape index (κ3) is 3.36. The van der Waals surface area contributed by atoms with Crippen LogP contribution in [0.4, 0.5) is 4.39 Å². The number of nitrogens with zero attached hydrogens (tertiary/aromatic N) is 3. The molecule has 0 atom stereocenters. The Morgan fingerprint density at radius 1 is 0.483 bits per heavy atom. The van der Waals surface area contributed by atoms with Crippen LogP contribution in [0, 0.1) is 5.82 Å². The van der Waals surface area contributed by atoms with E-state index in [1.165, 1.54) is 6.07 Å². The average Bonchev–Trinajstić information content (AvgIpc) is 2.79. The molecule has 0 aliphatic rings. The Balaban J connectivity index is 1.73. The van der Waals surface area contributed by atoms with Crippen LogP contribution in [0.15, 0.2) is 97.1 Å². The van der Waals surface area contributed by atoms with E-state index >= 15 is 0 Å². The highest BCUT2D eigenvalue weighted by Crippen LogP contribution is 2.27. The van der Waals surface area contributed by atoms with Crippen molar-refractivity contribution >= 4 is 10.8 Å². The van der Waals surface area contributed by atoms with Crippen molar-refractivity contribution in [2.75, 3.05) is 0 Å². The normalized spacial score (nSPS) is 10.9. The van der Waals surface area contributed by atoms with Gasteiger partial charge in [0.1, 0.15) is 5.82 Å². The first-order valence-corrected chi connectivity index (χ1v) is 9.33. The molecular formula is C25H16FN3. The number of aromatic nitrogens is 3. The fourth-order valence-corrected chi connectivity index (χ4v) is 3.31. The minimum Gasteiger partial charge on any atom is -0.208 e. The van der Waals surface area contributed by atoms with Gasteiger partial charge in [-0.25, -0.2) is 19.3 Å². The molecule has 4 aromatic carbocycles. The first-order valence-electron chi connectivity index (χ1n) is 9.33. The predicted octanol–water partition coefficient (Wildman–Crippen LogP) is 6.16. The number of halogens is 1. The van der Waals surface area contributed by atoms with E-state index in [0.29, 0.717) is 23.0 Å². The van der Waals surface area contributed by atoms with E-state index < -0.39 is 0 Å². The summed E-state index contributed by atoms with van der Waals surface area (Å²) in [4.78, 5) is 13.9. The lowest BCUT2D eigenvalue weighted by Gasteiger charge is -2.09. The summed E-state index contributed by atoms with van der Waals surface area (Å²) >= 11 is 0. The molecule has 0 aliphatic heterocycles. The molecule has 29 heavy (non-hydrogen) atoms. The minimum atomic E-state index is -0.359. The number of rotatable bonds is 3. The Morgan fingerprint density at radius 3 is 1.90 bits per heavy atom. The zero-order valence-electron chi connectivity index (χ0n) is 15.5. The molecule has 0 spiro atoms. The molecule has 1 aromatic heterocycles. The smallest absolute Gasteiger partial charge is 0.167 e. The molecule has 5 aromatic rings. The number of fused-ring (bicyclic) bond motifs is 1. The molecule has 3 nitrogen and oxygen atoms in total. The molecule has 0 fully saturated rings. The summed E-state index contributed by atoms with van der Waals surface area (Å²) in [7, 11) is 0. The largest absolute Gasteiger partial charge is 0.208 e. The number of hydrogen-bond acceptors (Lipinski definition) is 3. The van der Waals surface area contributed by atoms with Crippen LogP contribution in [0.25, 0.3) is 44.9 Å². The SMILES string of the molecule is Fc1ccccc1-c1nc(-c2ccccc2)nc(-c2ccc3ccccc3c2)n1. The molecule has 5 rings (SSSR count). The van der Waals surface area contributed by atoms with E-state index in [2.05, 4.69) is 22.1 Å². The van der Waals surface area contributed by atoms with Crippen molar-refractivity contribution in [3.8, 4) is 34.2 Å². The van der Waals surface area contributed by atoms with E-state index in [1.807, 2.05) is 60.7 Å². The van der Waals surface area contributed by atoms with Gasteiger partial charge >= 0.3 is 0 Å². The Hall–Kier alpha value is -3.92. The summed E-state index contributed by atoms with van der Waals surface area (Å²) in [5.41, 5.74) is 2.07. The van der Waals surface area contributed by atoms with Crippen LogP contribution in [0.3, 0.4) is 0 Å². The Bertz CT molecular complexity index is 1320. The van der Waals surface area contributed by atoms with Gasteiger partial charge in [-0.2, -0.15) is 0 Å². The van der Waals surface area contributed by atoms with Crippen LogP contribution >= 0.6 is 0 Å². The molecule has 0 radical (unpaired) electrons. The van der Waals surface area contributed by atoms with Crippen molar-refractivity contribution in [3.63, 3.8) is 0 Å². The summed E-state index contributed by atoms with van der Waals surface area (Å²) in [5.74, 6) is 0.993. The highest BCUT2D eigenvalue weighted by atomic mass is 19.1. The monoisotopic (exact) mass is 377 g/mol. The van der Waals surface area contributed by atoms with E-state index in [-0.39, 0.29) is 5.82 Å². The van der Waals surface area contributed by atoms with Gasteiger partial charge in [0, 0.05) is 11.1 Å². The van der Waals surface area contributed by atoms with Crippen molar-refractivity contribution in [2.24, 2.45) is 0 Å². The van der Waals surface area contributed by atoms with Crippen molar-refractivity contribution < 1.29 is 4.39 Å². The molecule has 0 N–H and O–H groups in total. The molecule has 0 saturated carbocycles. The van der Waals surface area contributed by atoms with Crippen LogP contribution in [0.5, 0.6) is 0 Å². The molecule has 0 saturated heterocycles. The lowest BCUT2D eigenvalue weighted by molar-refractivity contribution is 0.630. The van der Waals surface area contributed by atoms with Crippen LogP contribution in [0.1, 0.15) is 0 Å². The topological polar surface area (TPSA) is 38.7 Å². The highest BCUT2D eigenvalue weighted by molar-refractivity contribution is 5.86. The van der Waals surface area contributed by atoms with Gasteiger partial charge in [-0.15, -0.1) is 0 Å². The van der Waals surface area contributed by atoms with Crippen LogP contribution in [0.2, 0.25) is 0 Å². The second-order valence-electron chi connectivity index (χ2n) is 6.71. The second-order valence-corrected chi connectivity index (χ2v) is 6.71. The van der Waals surface area contributed by atoms with Gasteiger partial charge in [-0.3, -0.25) is 0 Å². The quantitative estimate of drug-likeness (QED) is 0.378. The van der Waals surface area contributed by atoms with E-state index in [0.717, 1.165) is 21.9 Å². The van der Waals surface area contributed by atoms with Gasteiger partial charge in [0.05, 0.1) is 5.56 Å². The molecule has 0 unspecified atom stereocenters. The van der Waals surface area contributed by atoms with Crippen LogP contribution in [-0.4, -0.2) is 15.0 Å². The zero-order chi connectivity index (χ0) is 19.6. The van der Waals surface area contributed by atoms with Crippen molar-refractivity contribution in [1.29, 1.82) is 0 Å². The molecule has 0 bridgehead atoms. The van der Waals surface area contributed by atoms with Crippen molar-refractivity contribution in [3.05, 3.63) is 103 Å². The highest BCUT2D eigenvalue weighted by Gasteiger charge is 2.14. The number of hydrogen-bond donors (Lipinski definition) is 0. The maximum atomic E-state index is 14.5. The van der Waals surface area contributed by atoms with Crippen LogP contribution < -0.4 is 0 Å². The molecule has 0 amide bonds. The zero-order valence-corrected chi connectivity index (χ0v) is 15.5. The summed E-state index contributed by atoms with van der Waals surface area (Å²) < 4.78 is 14.5. The van der Waals surface area contributed by atoms with Gasteiger partial charge in [-0.1, -0.05) is 78.9 Å². The first kappa shape index (κ1) is 17.2. The third-order valence-corrected chi connectivity index (χ3v) is 4.79. The number of benzene rings is 4. The average molecular weight is 377 g/mol. The molecule has 1 heterocycles. The standard InChI is InChI=1S/C25H16FN3/c26-22-13-7-6-12-21(22)25-28-23(18-9-2-1-3-10-18)27-24(29-25)20-15-14-17-8-4-5-11-19(17)16-20/h1-16H. The Morgan fingerprint density at radius 2 is 1.10 bits per heavy atom. The van der Waals surface area contributed by atoms with Gasteiger partial charge in [-0.05, 0) is 29.0 Å². The molecule has 138 valence electrons.